The fourth-order valence-corrected chi connectivity index (χ4v) is 2.28. The molecule has 104 valence electrons. The third-order valence-electron chi connectivity index (χ3n) is 3.11. The highest BCUT2D eigenvalue weighted by atomic mass is 16.6. The molecule has 1 aliphatic rings. The fourth-order valence-electron chi connectivity index (χ4n) is 2.28. The molecular formula is C13H23NO4. The van der Waals surface area contributed by atoms with E-state index in [0.717, 1.165) is 0 Å². The van der Waals surface area contributed by atoms with Gasteiger partial charge < -0.3 is 15.2 Å². The van der Waals surface area contributed by atoms with Gasteiger partial charge in [-0.05, 0) is 40.0 Å². The third kappa shape index (κ3) is 3.98. The summed E-state index contributed by atoms with van der Waals surface area (Å²) in [7, 11) is 0. The van der Waals surface area contributed by atoms with Crippen LogP contribution in [0.4, 0.5) is 0 Å². The van der Waals surface area contributed by atoms with Gasteiger partial charge in [0.05, 0.1) is 5.92 Å². The Balaban J connectivity index is 2.62. The van der Waals surface area contributed by atoms with Crippen LogP contribution >= 0.6 is 0 Å². The number of hydrogen-bond acceptors (Lipinski definition) is 4. The molecule has 0 aromatic rings. The summed E-state index contributed by atoms with van der Waals surface area (Å²) < 4.78 is 5.37. The monoisotopic (exact) mass is 257 g/mol. The molecule has 0 saturated carbocycles. The van der Waals surface area contributed by atoms with Gasteiger partial charge in [-0.15, -0.1) is 0 Å². The summed E-state index contributed by atoms with van der Waals surface area (Å²) in [6.07, 6.45) is 1.92. The number of hydrogen-bond donors (Lipinski definition) is 2. The fraction of sp³-hybridized carbons (Fsp3) is 0.846. The maximum absolute atomic E-state index is 12.0. The molecule has 0 aromatic carbocycles. The van der Waals surface area contributed by atoms with E-state index in [1.54, 1.807) is 0 Å². The van der Waals surface area contributed by atoms with E-state index < -0.39 is 17.6 Å². The van der Waals surface area contributed by atoms with Gasteiger partial charge in [0.2, 0.25) is 0 Å². The highest BCUT2D eigenvalue weighted by Crippen LogP contribution is 2.24. The maximum Gasteiger partial charge on any atom is 0.320 e. The van der Waals surface area contributed by atoms with Crippen LogP contribution in [0.5, 0.6) is 0 Å². The molecule has 1 unspecified atom stereocenters. The minimum atomic E-state index is -0.850. The van der Waals surface area contributed by atoms with Gasteiger partial charge in [-0.25, -0.2) is 0 Å². The maximum atomic E-state index is 12.0. The first-order valence-electron chi connectivity index (χ1n) is 6.46. The molecule has 1 fully saturated rings. The number of aliphatic carboxylic acids is 1. The smallest absolute Gasteiger partial charge is 0.320 e. The highest BCUT2D eigenvalue weighted by molar-refractivity contribution is 5.76. The quantitative estimate of drug-likeness (QED) is 0.747. The summed E-state index contributed by atoms with van der Waals surface area (Å²) >= 11 is 0. The Labute approximate surface area is 108 Å². The number of carboxylic acids is 1. The molecule has 0 aliphatic carbocycles. The Morgan fingerprint density at radius 1 is 1.39 bits per heavy atom. The molecule has 1 saturated heterocycles. The Morgan fingerprint density at radius 3 is 2.39 bits per heavy atom. The van der Waals surface area contributed by atoms with Gasteiger partial charge in [0.15, 0.2) is 0 Å². The van der Waals surface area contributed by atoms with Crippen LogP contribution in [0, 0.1) is 5.92 Å². The zero-order valence-corrected chi connectivity index (χ0v) is 11.5. The van der Waals surface area contributed by atoms with Gasteiger partial charge in [-0.3, -0.25) is 9.59 Å². The number of carbonyl (C=O) groups is 2. The second-order valence-corrected chi connectivity index (χ2v) is 5.79. The van der Waals surface area contributed by atoms with Crippen molar-refractivity contribution in [1.29, 1.82) is 0 Å². The largest absolute Gasteiger partial charge is 0.480 e. The number of ether oxygens (including phenoxy) is 1. The van der Waals surface area contributed by atoms with Gasteiger partial charge in [0.25, 0.3) is 0 Å². The van der Waals surface area contributed by atoms with E-state index in [0.29, 0.717) is 19.3 Å². The van der Waals surface area contributed by atoms with Gasteiger partial charge in [0.1, 0.15) is 11.6 Å². The van der Waals surface area contributed by atoms with Crippen LogP contribution in [-0.4, -0.2) is 34.7 Å². The van der Waals surface area contributed by atoms with Gasteiger partial charge in [-0.2, -0.15) is 0 Å². The van der Waals surface area contributed by atoms with E-state index >= 15 is 0 Å². The zero-order valence-electron chi connectivity index (χ0n) is 11.5. The summed E-state index contributed by atoms with van der Waals surface area (Å²) in [4.78, 5) is 22.9. The number of carboxylic acid groups (broad SMARTS) is 1. The third-order valence-corrected chi connectivity index (χ3v) is 3.11. The van der Waals surface area contributed by atoms with Crippen molar-refractivity contribution < 1.29 is 19.4 Å². The molecule has 3 atom stereocenters. The number of rotatable bonds is 4. The Bertz CT molecular complexity index is 321. The highest BCUT2D eigenvalue weighted by Gasteiger charge is 2.37. The lowest BCUT2D eigenvalue weighted by Crippen LogP contribution is -2.43. The van der Waals surface area contributed by atoms with Crippen LogP contribution in [0.2, 0.25) is 0 Å². The molecule has 0 spiro atoms. The van der Waals surface area contributed by atoms with Crippen molar-refractivity contribution in [3.63, 3.8) is 0 Å². The summed E-state index contributed by atoms with van der Waals surface area (Å²) in [6, 6.07) is -0.627. The Morgan fingerprint density at radius 2 is 2.00 bits per heavy atom. The number of nitrogens with one attached hydrogen (secondary N) is 1. The predicted octanol–water partition coefficient (Wildman–Crippen LogP) is 1.56. The lowest BCUT2D eigenvalue weighted by Gasteiger charge is -2.26. The second kappa shape index (κ2) is 5.69. The predicted molar refractivity (Wildman–Crippen MR) is 67.2 cm³/mol. The van der Waals surface area contributed by atoms with E-state index in [1.165, 1.54) is 0 Å². The summed E-state index contributed by atoms with van der Waals surface area (Å²) in [5.41, 5.74) is -0.505. The number of carbonyl (C=O) groups excluding carboxylic acids is 1. The molecule has 1 heterocycles. The molecule has 0 aromatic heterocycles. The van der Waals surface area contributed by atoms with Crippen molar-refractivity contribution in [2.45, 2.75) is 64.6 Å². The topological polar surface area (TPSA) is 75.6 Å². The molecular weight excluding hydrogens is 234 g/mol. The Hall–Kier alpha value is -1.10. The van der Waals surface area contributed by atoms with Crippen LogP contribution in [0.25, 0.3) is 0 Å². The minimum absolute atomic E-state index is 0.0917. The van der Waals surface area contributed by atoms with E-state index in [9.17, 15) is 9.59 Å². The summed E-state index contributed by atoms with van der Waals surface area (Å²) in [6.45, 7) is 7.42. The molecule has 2 N–H and O–H groups in total. The van der Waals surface area contributed by atoms with E-state index in [4.69, 9.17) is 9.84 Å². The van der Waals surface area contributed by atoms with Crippen LogP contribution in [0.15, 0.2) is 0 Å². The Kier molecular flexibility index (Phi) is 4.73. The number of esters is 1. The normalized spacial score (nSPS) is 25.8. The van der Waals surface area contributed by atoms with Gasteiger partial charge in [0, 0.05) is 6.04 Å². The minimum Gasteiger partial charge on any atom is -0.480 e. The van der Waals surface area contributed by atoms with E-state index in [-0.39, 0.29) is 17.9 Å². The zero-order chi connectivity index (χ0) is 13.9. The van der Waals surface area contributed by atoms with Crippen molar-refractivity contribution in [3.05, 3.63) is 0 Å². The molecule has 1 rings (SSSR count). The first-order chi connectivity index (χ1) is 8.24. The molecule has 0 bridgehead atoms. The molecule has 0 radical (unpaired) electrons. The van der Waals surface area contributed by atoms with Gasteiger partial charge >= 0.3 is 11.9 Å². The molecule has 0 amide bonds. The van der Waals surface area contributed by atoms with Crippen molar-refractivity contribution in [1.82, 2.24) is 5.32 Å². The van der Waals surface area contributed by atoms with E-state index in [2.05, 4.69) is 5.32 Å². The van der Waals surface area contributed by atoms with Crippen LogP contribution < -0.4 is 5.32 Å². The molecule has 5 nitrogen and oxygen atoms in total. The average Bonchev–Trinajstić information content (AvgIpc) is 2.65. The standard InChI is InChI=1S/C13H23NO4/c1-5-8(12(17)18-13(2,3)4)9-6-7-10(14-9)11(15)16/h8-10,14H,5-7H2,1-4H3,(H,15,16)/t8?,9-,10+/m1/s1. The van der Waals surface area contributed by atoms with Crippen LogP contribution in [-0.2, 0) is 14.3 Å². The summed E-state index contributed by atoms with van der Waals surface area (Å²) in [5.74, 6) is -1.36. The SMILES string of the molecule is CCC(C(=O)OC(C)(C)C)[C@H]1CC[C@@H](C(=O)O)N1. The average molecular weight is 257 g/mol. The molecule has 5 heteroatoms. The van der Waals surface area contributed by atoms with Gasteiger partial charge in [-0.1, -0.05) is 6.92 Å². The first-order valence-corrected chi connectivity index (χ1v) is 6.46. The van der Waals surface area contributed by atoms with Crippen molar-refractivity contribution in [2.24, 2.45) is 5.92 Å². The van der Waals surface area contributed by atoms with E-state index in [1.807, 2.05) is 27.7 Å². The van der Waals surface area contributed by atoms with Crippen molar-refractivity contribution in [3.8, 4) is 0 Å². The lowest BCUT2D eigenvalue weighted by molar-refractivity contribution is -0.161. The molecule has 1 aliphatic heterocycles. The summed E-state index contributed by atoms with van der Waals surface area (Å²) in [5, 5.41) is 11.9. The van der Waals surface area contributed by atoms with Crippen LogP contribution in [0.1, 0.15) is 47.0 Å². The lowest BCUT2D eigenvalue weighted by atomic mass is 9.95. The van der Waals surface area contributed by atoms with Crippen molar-refractivity contribution in [2.75, 3.05) is 0 Å². The molecule has 18 heavy (non-hydrogen) atoms. The second-order valence-electron chi connectivity index (χ2n) is 5.79. The van der Waals surface area contributed by atoms with Crippen molar-refractivity contribution >= 4 is 11.9 Å². The first kappa shape index (κ1) is 15.0. The van der Waals surface area contributed by atoms with Crippen LogP contribution in [0.3, 0.4) is 0 Å².